The summed E-state index contributed by atoms with van der Waals surface area (Å²) in [6.07, 6.45) is 0. The van der Waals surface area contributed by atoms with Gasteiger partial charge in [-0.15, -0.1) is 0 Å². The fourth-order valence-electron chi connectivity index (χ4n) is 2.01. The van der Waals surface area contributed by atoms with Crippen molar-refractivity contribution in [1.29, 1.82) is 0 Å². The van der Waals surface area contributed by atoms with Gasteiger partial charge in [-0.25, -0.2) is 4.79 Å². The van der Waals surface area contributed by atoms with Crippen molar-refractivity contribution >= 4 is 27.6 Å². The van der Waals surface area contributed by atoms with Crippen LogP contribution in [0.4, 0.5) is 5.69 Å². The van der Waals surface area contributed by atoms with E-state index < -0.39 is 6.04 Å². The predicted octanol–water partition coefficient (Wildman–Crippen LogP) is 4.47. The number of carbonyl (C=O) groups is 1. The number of hydrogen-bond donors (Lipinski definition) is 1. The summed E-state index contributed by atoms with van der Waals surface area (Å²) >= 11 is 3.43. The number of carbonyl (C=O) groups excluding carboxylic acids is 1. The number of hydrogen-bond acceptors (Lipinski definition) is 3. The summed E-state index contributed by atoms with van der Waals surface area (Å²) in [7, 11) is 0. The molecule has 2 rings (SSSR count). The van der Waals surface area contributed by atoms with Gasteiger partial charge in [0.2, 0.25) is 0 Å². The molecule has 0 fully saturated rings. The summed E-state index contributed by atoms with van der Waals surface area (Å²) < 4.78 is 6.14. The maximum Gasteiger partial charge on any atom is 0.333 e. The lowest BCUT2D eigenvalue weighted by atomic mass is 10.0. The monoisotopic (exact) mass is 347 g/mol. The topological polar surface area (TPSA) is 38.3 Å². The number of nitrogens with one attached hydrogen (secondary N) is 1. The molecule has 21 heavy (non-hydrogen) atoms. The van der Waals surface area contributed by atoms with Crippen LogP contribution in [0.25, 0.3) is 0 Å². The van der Waals surface area contributed by atoms with Crippen molar-refractivity contribution in [2.75, 3.05) is 11.9 Å². The van der Waals surface area contributed by atoms with E-state index in [1.807, 2.05) is 62.4 Å². The summed E-state index contributed by atoms with van der Waals surface area (Å²) in [5.74, 6) is -0.277. The van der Waals surface area contributed by atoms with Gasteiger partial charge in [0.25, 0.3) is 0 Å². The van der Waals surface area contributed by atoms with E-state index in [1.54, 1.807) is 0 Å². The molecule has 4 heteroatoms. The molecule has 0 saturated heterocycles. The number of aryl methyl sites for hydroxylation is 1. The second-order valence-corrected chi connectivity index (χ2v) is 5.67. The number of halogens is 1. The molecule has 0 aliphatic heterocycles. The molecule has 0 aliphatic carbocycles. The Morgan fingerprint density at radius 1 is 1.24 bits per heavy atom. The molecule has 0 heterocycles. The Labute approximate surface area is 133 Å². The molecule has 1 unspecified atom stereocenters. The Kier molecular flexibility index (Phi) is 5.39. The summed E-state index contributed by atoms with van der Waals surface area (Å²) in [5, 5.41) is 3.24. The molecule has 0 radical (unpaired) electrons. The average molecular weight is 348 g/mol. The standard InChI is InChI=1S/C17H18BrNO2/c1-3-21-17(20)16(13-9-7-12(2)8-10-13)19-15-6-4-5-14(18)11-15/h4-11,16,19H,3H2,1-2H3. The molecule has 0 amide bonds. The second kappa shape index (κ2) is 7.27. The fraction of sp³-hybridized carbons (Fsp3) is 0.235. The van der Waals surface area contributed by atoms with Crippen molar-refractivity contribution in [3.05, 3.63) is 64.1 Å². The van der Waals surface area contributed by atoms with Crippen molar-refractivity contribution in [3.8, 4) is 0 Å². The molecule has 110 valence electrons. The largest absolute Gasteiger partial charge is 0.464 e. The van der Waals surface area contributed by atoms with Crippen molar-refractivity contribution in [1.82, 2.24) is 0 Å². The molecular weight excluding hydrogens is 330 g/mol. The van der Waals surface area contributed by atoms with Crippen LogP contribution in [0.3, 0.4) is 0 Å². The van der Waals surface area contributed by atoms with Gasteiger partial charge < -0.3 is 10.1 Å². The van der Waals surface area contributed by atoms with Gasteiger partial charge in [-0.3, -0.25) is 0 Å². The summed E-state index contributed by atoms with van der Waals surface area (Å²) in [6, 6.07) is 15.1. The zero-order chi connectivity index (χ0) is 15.2. The van der Waals surface area contributed by atoms with Crippen LogP contribution < -0.4 is 5.32 Å². The lowest BCUT2D eigenvalue weighted by Crippen LogP contribution is -2.23. The van der Waals surface area contributed by atoms with Crippen LogP contribution >= 0.6 is 15.9 Å². The van der Waals surface area contributed by atoms with E-state index in [0.717, 1.165) is 21.3 Å². The molecule has 0 aliphatic rings. The molecule has 2 aromatic rings. The van der Waals surface area contributed by atoms with E-state index in [9.17, 15) is 4.79 Å². The van der Waals surface area contributed by atoms with Gasteiger partial charge in [0.1, 0.15) is 0 Å². The lowest BCUT2D eigenvalue weighted by Gasteiger charge is -2.19. The van der Waals surface area contributed by atoms with Gasteiger partial charge in [-0.2, -0.15) is 0 Å². The number of ether oxygens (including phenoxy) is 1. The van der Waals surface area contributed by atoms with Crippen molar-refractivity contribution < 1.29 is 9.53 Å². The van der Waals surface area contributed by atoms with Crippen molar-refractivity contribution in [2.45, 2.75) is 19.9 Å². The number of esters is 1. The molecule has 3 nitrogen and oxygen atoms in total. The van der Waals surface area contributed by atoms with Crippen molar-refractivity contribution in [2.24, 2.45) is 0 Å². The zero-order valence-corrected chi connectivity index (χ0v) is 13.7. The van der Waals surface area contributed by atoms with E-state index in [1.165, 1.54) is 0 Å². The SMILES string of the molecule is CCOC(=O)C(Nc1cccc(Br)c1)c1ccc(C)cc1. The van der Waals surface area contributed by atoms with Gasteiger partial charge in [-0.05, 0) is 37.6 Å². The van der Waals surface area contributed by atoms with Gasteiger partial charge >= 0.3 is 5.97 Å². The first-order valence-corrected chi connectivity index (χ1v) is 7.64. The van der Waals surface area contributed by atoms with Crippen LogP contribution in [-0.2, 0) is 9.53 Å². The quantitative estimate of drug-likeness (QED) is 0.810. The highest BCUT2D eigenvalue weighted by Gasteiger charge is 2.21. The Balaban J connectivity index is 2.27. The molecule has 2 aromatic carbocycles. The third-order valence-electron chi connectivity index (χ3n) is 3.07. The number of benzene rings is 2. The number of rotatable bonds is 5. The van der Waals surface area contributed by atoms with Crippen LogP contribution in [0.1, 0.15) is 24.1 Å². The second-order valence-electron chi connectivity index (χ2n) is 4.75. The highest BCUT2D eigenvalue weighted by Crippen LogP contribution is 2.23. The summed E-state index contributed by atoms with van der Waals surface area (Å²) in [5.41, 5.74) is 2.91. The molecule has 0 spiro atoms. The van der Waals surface area contributed by atoms with Crippen LogP contribution in [0.15, 0.2) is 53.0 Å². The highest BCUT2D eigenvalue weighted by atomic mass is 79.9. The van der Waals surface area contributed by atoms with Gasteiger partial charge in [0.15, 0.2) is 6.04 Å². The van der Waals surface area contributed by atoms with Crippen molar-refractivity contribution in [3.63, 3.8) is 0 Å². The average Bonchev–Trinajstić information content (AvgIpc) is 2.46. The minimum Gasteiger partial charge on any atom is -0.464 e. The lowest BCUT2D eigenvalue weighted by molar-refractivity contribution is -0.144. The van der Waals surface area contributed by atoms with E-state index >= 15 is 0 Å². The maximum atomic E-state index is 12.2. The zero-order valence-electron chi connectivity index (χ0n) is 12.1. The van der Waals surface area contributed by atoms with E-state index in [4.69, 9.17) is 4.74 Å². The summed E-state index contributed by atoms with van der Waals surface area (Å²) in [4.78, 5) is 12.2. The van der Waals surface area contributed by atoms with Crippen LogP contribution in [-0.4, -0.2) is 12.6 Å². The Morgan fingerprint density at radius 2 is 1.95 bits per heavy atom. The molecule has 0 saturated carbocycles. The first-order valence-electron chi connectivity index (χ1n) is 6.85. The summed E-state index contributed by atoms with van der Waals surface area (Å²) in [6.45, 7) is 4.19. The molecule has 0 aromatic heterocycles. The predicted molar refractivity (Wildman–Crippen MR) is 88.3 cm³/mol. The van der Waals surface area contributed by atoms with Crippen LogP contribution in [0.2, 0.25) is 0 Å². The third-order valence-corrected chi connectivity index (χ3v) is 3.56. The third kappa shape index (κ3) is 4.33. The normalized spacial score (nSPS) is 11.8. The first-order chi connectivity index (χ1) is 10.1. The number of anilines is 1. The van der Waals surface area contributed by atoms with Gasteiger partial charge in [-0.1, -0.05) is 51.8 Å². The van der Waals surface area contributed by atoms with E-state index in [0.29, 0.717) is 6.61 Å². The molecule has 1 N–H and O–H groups in total. The van der Waals surface area contributed by atoms with E-state index in [-0.39, 0.29) is 5.97 Å². The minimum absolute atomic E-state index is 0.277. The molecule has 1 atom stereocenters. The minimum atomic E-state index is -0.514. The van der Waals surface area contributed by atoms with Crippen LogP contribution in [0, 0.1) is 6.92 Å². The molecule has 0 bridgehead atoms. The first kappa shape index (κ1) is 15.6. The molecular formula is C17H18BrNO2. The van der Waals surface area contributed by atoms with Gasteiger partial charge in [0, 0.05) is 10.2 Å². The fourth-order valence-corrected chi connectivity index (χ4v) is 2.41. The highest BCUT2D eigenvalue weighted by molar-refractivity contribution is 9.10. The van der Waals surface area contributed by atoms with Crippen LogP contribution in [0.5, 0.6) is 0 Å². The maximum absolute atomic E-state index is 12.2. The smallest absolute Gasteiger partial charge is 0.333 e. The van der Waals surface area contributed by atoms with Gasteiger partial charge in [0.05, 0.1) is 6.61 Å². The Bertz CT molecular complexity index is 610. The van der Waals surface area contributed by atoms with E-state index in [2.05, 4.69) is 21.2 Å². The Hall–Kier alpha value is -1.81. The Morgan fingerprint density at radius 3 is 2.57 bits per heavy atom.